The van der Waals surface area contributed by atoms with Crippen molar-refractivity contribution in [3.05, 3.63) is 20.8 Å². The van der Waals surface area contributed by atoms with Crippen LogP contribution in [0.5, 0.6) is 0 Å². The Kier molecular flexibility index (Phi) is 3.65. The highest BCUT2D eigenvalue weighted by Crippen LogP contribution is 2.15. The first-order chi connectivity index (χ1) is 7.82. The molecule has 0 aromatic carbocycles. The monoisotopic (exact) mass is 240 g/mol. The van der Waals surface area contributed by atoms with Crippen molar-refractivity contribution in [1.82, 2.24) is 9.13 Å². The number of rotatable bonds is 3. The molecule has 1 aromatic rings. The first-order valence-corrected chi connectivity index (χ1v) is 5.67. The van der Waals surface area contributed by atoms with E-state index in [0.29, 0.717) is 0 Å². The van der Waals surface area contributed by atoms with Gasteiger partial charge in [-0.2, -0.15) is 0 Å². The first-order valence-electron chi connectivity index (χ1n) is 5.67. The molecule has 0 amide bonds. The summed E-state index contributed by atoms with van der Waals surface area (Å²) in [7, 11) is 1.62. The highest BCUT2D eigenvalue weighted by molar-refractivity contribution is 5.60. The lowest BCUT2D eigenvalue weighted by Gasteiger charge is -2.20. The van der Waals surface area contributed by atoms with Crippen LogP contribution >= 0.6 is 0 Å². The van der Waals surface area contributed by atoms with E-state index in [1.807, 2.05) is 13.8 Å². The maximum absolute atomic E-state index is 12.2. The van der Waals surface area contributed by atoms with Crippen LogP contribution < -0.4 is 22.3 Å². The second-order valence-corrected chi connectivity index (χ2v) is 4.53. The van der Waals surface area contributed by atoms with E-state index in [-0.39, 0.29) is 34.8 Å². The molecule has 0 radical (unpaired) electrons. The smallest absolute Gasteiger partial charge is 0.333 e. The molecule has 0 unspecified atom stereocenters. The van der Waals surface area contributed by atoms with E-state index in [2.05, 4.69) is 5.32 Å². The quantitative estimate of drug-likeness (QED) is 0.818. The van der Waals surface area contributed by atoms with Gasteiger partial charge in [-0.15, -0.1) is 0 Å². The molecule has 0 aliphatic carbocycles. The zero-order valence-electron chi connectivity index (χ0n) is 10.9. The Bertz CT molecular complexity index is 525. The number of nitrogens with two attached hydrogens (primary N) is 1. The molecule has 1 rings (SSSR count). The summed E-state index contributed by atoms with van der Waals surface area (Å²) < 4.78 is 2.63. The van der Waals surface area contributed by atoms with Gasteiger partial charge in [0.2, 0.25) is 0 Å². The molecule has 0 atom stereocenters. The number of hydrogen-bond acceptors (Lipinski definition) is 4. The molecule has 3 N–H and O–H groups in total. The summed E-state index contributed by atoms with van der Waals surface area (Å²) in [6.07, 6.45) is 0. The van der Waals surface area contributed by atoms with Crippen LogP contribution in [0.25, 0.3) is 0 Å². The van der Waals surface area contributed by atoms with Gasteiger partial charge >= 0.3 is 5.69 Å². The number of nitrogen functional groups attached to an aromatic ring is 1. The number of aromatic nitrogens is 2. The molecule has 6 heteroatoms. The Morgan fingerprint density at radius 3 is 1.88 bits per heavy atom. The van der Waals surface area contributed by atoms with E-state index >= 15 is 0 Å². The average Bonchev–Trinajstić information content (AvgIpc) is 2.16. The molecule has 96 valence electrons. The van der Waals surface area contributed by atoms with Gasteiger partial charge in [-0.1, -0.05) is 0 Å². The third-order valence-electron chi connectivity index (χ3n) is 2.64. The Balaban J connectivity index is 3.83. The molecule has 17 heavy (non-hydrogen) atoms. The van der Waals surface area contributed by atoms with Crippen molar-refractivity contribution in [3.63, 3.8) is 0 Å². The molecule has 0 aliphatic rings. The summed E-state index contributed by atoms with van der Waals surface area (Å²) in [6, 6.07) is -0.298. The fraction of sp³-hybridized carbons (Fsp3) is 0.636. The van der Waals surface area contributed by atoms with E-state index < -0.39 is 0 Å². The van der Waals surface area contributed by atoms with Crippen LogP contribution in [-0.4, -0.2) is 16.2 Å². The fourth-order valence-electron chi connectivity index (χ4n) is 1.85. The minimum Gasteiger partial charge on any atom is -0.383 e. The zero-order chi connectivity index (χ0) is 13.3. The number of anilines is 2. The van der Waals surface area contributed by atoms with Crippen LogP contribution in [0.4, 0.5) is 11.5 Å². The van der Waals surface area contributed by atoms with Crippen molar-refractivity contribution in [3.8, 4) is 0 Å². The van der Waals surface area contributed by atoms with E-state index in [0.717, 1.165) is 0 Å². The molecule has 0 fully saturated rings. The molecule has 0 bridgehead atoms. The Labute approximate surface area is 100 Å². The normalized spacial score (nSPS) is 11.2. The molecule has 1 aromatic heterocycles. The van der Waals surface area contributed by atoms with E-state index in [9.17, 15) is 9.59 Å². The van der Waals surface area contributed by atoms with Crippen molar-refractivity contribution in [2.75, 3.05) is 18.1 Å². The van der Waals surface area contributed by atoms with Crippen LogP contribution in [0.1, 0.15) is 39.8 Å². The second kappa shape index (κ2) is 4.65. The molecule has 0 aliphatic heterocycles. The van der Waals surface area contributed by atoms with Gasteiger partial charge in [0.25, 0.3) is 5.56 Å². The number of nitrogens with zero attached hydrogens (tertiary/aromatic N) is 2. The standard InChI is InChI=1S/C11H20N4O2/c1-6(2)14-9(12)8(13-5)10(16)15(7(3)4)11(14)17/h6-7,13H,12H2,1-5H3. The van der Waals surface area contributed by atoms with E-state index in [1.54, 1.807) is 20.9 Å². The van der Waals surface area contributed by atoms with Crippen LogP contribution in [0.15, 0.2) is 9.59 Å². The molecule has 0 spiro atoms. The van der Waals surface area contributed by atoms with Gasteiger partial charge in [0.1, 0.15) is 11.5 Å². The van der Waals surface area contributed by atoms with Crippen molar-refractivity contribution in [1.29, 1.82) is 0 Å². The van der Waals surface area contributed by atoms with Gasteiger partial charge < -0.3 is 11.1 Å². The summed E-state index contributed by atoms with van der Waals surface area (Å²) in [5.74, 6) is 0.189. The maximum atomic E-state index is 12.2. The van der Waals surface area contributed by atoms with Crippen LogP contribution in [0, 0.1) is 0 Å². The highest BCUT2D eigenvalue weighted by Gasteiger charge is 2.19. The van der Waals surface area contributed by atoms with Crippen molar-refractivity contribution < 1.29 is 0 Å². The van der Waals surface area contributed by atoms with Gasteiger partial charge in [-0.25, -0.2) is 4.79 Å². The minimum atomic E-state index is -0.373. The van der Waals surface area contributed by atoms with Crippen molar-refractivity contribution >= 4 is 11.5 Å². The maximum Gasteiger partial charge on any atom is 0.333 e. The van der Waals surface area contributed by atoms with E-state index in [1.165, 1.54) is 9.13 Å². The molecule has 1 heterocycles. The predicted molar refractivity (Wildman–Crippen MR) is 69.7 cm³/mol. The summed E-state index contributed by atoms with van der Waals surface area (Å²) in [4.78, 5) is 24.2. The van der Waals surface area contributed by atoms with Crippen LogP contribution in [0.2, 0.25) is 0 Å². The fourth-order valence-corrected chi connectivity index (χ4v) is 1.85. The third-order valence-corrected chi connectivity index (χ3v) is 2.64. The second-order valence-electron chi connectivity index (χ2n) is 4.53. The van der Waals surface area contributed by atoms with Gasteiger partial charge in [-0.05, 0) is 27.7 Å². The lowest BCUT2D eigenvalue weighted by molar-refractivity contribution is 0.480. The molecule has 0 saturated carbocycles. The van der Waals surface area contributed by atoms with Crippen LogP contribution in [-0.2, 0) is 0 Å². The molecule has 0 saturated heterocycles. The van der Waals surface area contributed by atoms with Gasteiger partial charge in [0, 0.05) is 19.1 Å². The number of nitrogens with one attached hydrogen (secondary N) is 1. The summed E-state index contributed by atoms with van der Waals surface area (Å²) >= 11 is 0. The Morgan fingerprint density at radius 1 is 1.06 bits per heavy atom. The summed E-state index contributed by atoms with van der Waals surface area (Å²) in [5.41, 5.74) is 5.39. The number of hydrogen-bond donors (Lipinski definition) is 2. The van der Waals surface area contributed by atoms with Crippen molar-refractivity contribution in [2.24, 2.45) is 0 Å². The van der Waals surface area contributed by atoms with Crippen LogP contribution in [0.3, 0.4) is 0 Å². The van der Waals surface area contributed by atoms with Gasteiger partial charge in [0.05, 0.1) is 0 Å². The SMILES string of the molecule is CNc1c(N)n(C(C)C)c(=O)n(C(C)C)c1=O. The molecular formula is C11H20N4O2. The molecular weight excluding hydrogens is 220 g/mol. The third kappa shape index (κ3) is 2.07. The Morgan fingerprint density at radius 2 is 1.53 bits per heavy atom. The first kappa shape index (κ1) is 13.3. The lowest BCUT2D eigenvalue weighted by atomic mass is 10.3. The minimum absolute atomic E-state index is 0.0970. The average molecular weight is 240 g/mol. The highest BCUT2D eigenvalue weighted by atomic mass is 16.2. The Hall–Kier alpha value is -1.72. The van der Waals surface area contributed by atoms with Crippen molar-refractivity contribution in [2.45, 2.75) is 39.8 Å². The summed E-state index contributed by atoms with van der Waals surface area (Å²) in [6.45, 7) is 7.30. The topological polar surface area (TPSA) is 82.0 Å². The molecule has 6 nitrogen and oxygen atoms in total. The van der Waals surface area contributed by atoms with Gasteiger partial charge in [-0.3, -0.25) is 13.9 Å². The lowest BCUT2D eigenvalue weighted by Crippen LogP contribution is -2.43. The largest absolute Gasteiger partial charge is 0.383 e. The predicted octanol–water partition coefficient (Wildman–Crippen LogP) is 0.796. The summed E-state index contributed by atoms with van der Waals surface area (Å²) in [5, 5.41) is 2.76. The van der Waals surface area contributed by atoms with E-state index in [4.69, 9.17) is 5.73 Å². The zero-order valence-corrected chi connectivity index (χ0v) is 10.9. The van der Waals surface area contributed by atoms with Gasteiger partial charge in [0.15, 0.2) is 0 Å².